The van der Waals surface area contributed by atoms with E-state index in [0.29, 0.717) is 17.9 Å². The molecule has 1 N–H and O–H groups in total. The van der Waals surface area contributed by atoms with Gasteiger partial charge in [0.15, 0.2) is 0 Å². The molecule has 1 aliphatic carbocycles. The van der Waals surface area contributed by atoms with Gasteiger partial charge in [-0.3, -0.25) is 4.79 Å². The third-order valence-electron chi connectivity index (χ3n) is 2.99. The van der Waals surface area contributed by atoms with Gasteiger partial charge in [0.1, 0.15) is 6.29 Å². The Morgan fingerprint density at radius 3 is 2.84 bits per heavy atom. The largest absolute Gasteiger partial charge is 0.343 e. The summed E-state index contributed by atoms with van der Waals surface area (Å²) in [6.07, 6.45) is 1.47. The minimum atomic E-state index is -0.412. The van der Waals surface area contributed by atoms with Gasteiger partial charge in [0.05, 0.1) is 6.04 Å². The van der Waals surface area contributed by atoms with Crippen molar-refractivity contribution >= 4 is 23.5 Å². The first-order valence-electron chi connectivity index (χ1n) is 6.33. The molecule has 3 nitrogen and oxygen atoms in total. The quantitative estimate of drug-likeness (QED) is 0.852. The van der Waals surface area contributed by atoms with Crippen LogP contribution >= 0.6 is 11.3 Å². The maximum Gasteiger partial charge on any atom is 0.252 e. The van der Waals surface area contributed by atoms with Crippen molar-refractivity contribution in [1.82, 2.24) is 5.32 Å². The van der Waals surface area contributed by atoms with E-state index in [-0.39, 0.29) is 5.91 Å². The molecular formula is C15H17NO2S. The molecule has 100 valence electrons. The van der Waals surface area contributed by atoms with E-state index in [9.17, 15) is 9.59 Å². The molecule has 0 saturated carbocycles. The van der Waals surface area contributed by atoms with Crippen molar-refractivity contribution in [3.8, 4) is 11.1 Å². The molecular weight excluding hydrogens is 258 g/mol. The average molecular weight is 275 g/mol. The van der Waals surface area contributed by atoms with E-state index in [1.165, 1.54) is 0 Å². The summed E-state index contributed by atoms with van der Waals surface area (Å²) < 4.78 is 0. The predicted octanol–water partition coefficient (Wildman–Crippen LogP) is 3.20. The molecule has 1 heterocycles. The first-order chi connectivity index (χ1) is 9.11. The highest BCUT2D eigenvalue weighted by Gasteiger charge is 2.19. The van der Waals surface area contributed by atoms with Gasteiger partial charge in [-0.05, 0) is 40.8 Å². The highest BCUT2D eigenvalue weighted by atomic mass is 32.1. The molecule has 0 bridgehead atoms. The summed E-state index contributed by atoms with van der Waals surface area (Å²) in [6, 6.07) is 5.31. The fourth-order valence-corrected chi connectivity index (χ4v) is 2.81. The summed E-state index contributed by atoms with van der Waals surface area (Å²) in [6.45, 7) is 4.06. The Balaban J connectivity index is 2.14. The predicted molar refractivity (Wildman–Crippen MR) is 77.7 cm³/mol. The third-order valence-corrected chi connectivity index (χ3v) is 3.66. The van der Waals surface area contributed by atoms with Crippen LogP contribution in [0.5, 0.6) is 0 Å². The number of hydrogen-bond acceptors (Lipinski definition) is 3. The molecule has 0 aromatic rings. The van der Waals surface area contributed by atoms with Crippen molar-refractivity contribution in [2.45, 2.75) is 26.3 Å². The van der Waals surface area contributed by atoms with E-state index in [2.05, 4.69) is 5.32 Å². The molecule has 0 spiro atoms. The first kappa shape index (κ1) is 13.7. The van der Waals surface area contributed by atoms with Gasteiger partial charge >= 0.3 is 0 Å². The molecule has 4 heteroatoms. The SMILES string of the molecule is CC(C)C[C@@H](C=O)NC(=O)c1ccc2ccscc1-2. The monoisotopic (exact) mass is 275 g/mol. The zero-order chi connectivity index (χ0) is 13.8. The van der Waals surface area contributed by atoms with Crippen LogP contribution in [0.4, 0.5) is 0 Å². The van der Waals surface area contributed by atoms with E-state index in [4.69, 9.17) is 0 Å². The van der Waals surface area contributed by atoms with Crippen LogP contribution in [0, 0.1) is 5.92 Å². The lowest BCUT2D eigenvalue weighted by Gasteiger charge is -2.15. The summed E-state index contributed by atoms with van der Waals surface area (Å²) in [7, 11) is 0. The van der Waals surface area contributed by atoms with Crippen molar-refractivity contribution in [2.24, 2.45) is 5.92 Å². The van der Waals surface area contributed by atoms with Crippen LogP contribution in [-0.4, -0.2) is 18.2 Å². The minimum Gasteiger partial charge on any atom is -0.343 e. The summed E-state index contributed by atoms with van der Waals surface area (Å²) >= 11 is 1.55. The smallest absolute Gasteiger partial charge is 0.252 e. The van der Waals surface area contributed by atoms with Gasteiger partial charge in [-0.1, -0.05) is 19.9 Å². The summed E-state index contributed by atoms with van der Waals surface area (Å²) in [5.41, 5.74) is 2.64. The number of fused-ring (bicyclic) bond motifs is 1. The van der Waals surface area contributed by atoms with E-state index in [1.54, 1.807) is 11.3 Å². The molecule has 0 aromatic heterocycles. The number of amides is 1. The van der Waals surface area contributed by atoms with Crippen molar-refractivity contribution in [3.63, 3.8) is 0 Å². The second-order valence-corrected chi connectivity index (χ2v) is 5.80. The molecule has 0 radical (unpaired) electrons. The normalized spacial score (nSPS) is 12.6. The topological polar surface area (TPSA) is 46.2 Å². The second-order valence-electron chi connectivity index (χ2n) is 5.02. The van der Waals surface area contributed by atoms with Gasteiger partial charge in [-0.2, -0.15) is 11.3 Å². The Labute approximate surface area is 117 Å². The standard InChI is InChI=1S/C15H17NO2S/c1-10(2)7-12(8-17)16-15(18)13-4-3-11-5-6-19-9-14(11)13/h3-6,8-10,12H,7H2,1-2H3,(H,16,18)/t12-/m0/s1. The lowest BCUT2D eigenvalue weighted by atomic mass is 10.0. The van der Waals surface area contributed by atoms with Crippen LogP contribution in [0.1, 0.15) is 30.6 Å². The van der Waals surface area contributed by atoms with Crippen LogP contribution in [0.3, 0.4) is 0 Å². The second kappa shape index (κ2) is 5.97. The minimum absolute atomic E-state index is 0.175. The zero-order valence-electron chi connectivity index (χ0n) is 11.1. The molecule has 2 rings (SSSR count). The van der Waals surface area contributed by atoms with E-state index >= 15 is 0 Å². The number of carbonyl (C=O) groups is 2. The molecule has 1 aliphatic heterocycles. The van der Waals surface area contributed by atoms with E-state index < -0.39 is 6.04 Å². The Kier molecular flexibility index (Phi) is 4.32. The third kappa shape index (κ3) is 3.20. The summed E-state index contributed by atoms with van der Waals surface area (Å²) in [5, 5.41) is 6.73. The number of hydrogen-bond donors (Lipinski definition) is 1. The van der Waals surface area contributed by atoms with Gasteiger partial charge in [-0.15, -0.1) is 0 Å². The lowest BCUT2D eigenvalue weighted by Crippen LogP contribution is -2.36. The molecule has 0 saturated heterocycles. The Morgan fingerprint density at radius 2 is 2.16 bits per heavy atom. The number of carbonyl (C=O) groups excluding carboxylic acids is 2. The molecule has 1 amide bonds. The van der Waals surface area contributed by atoms with Gasteiger partial charge in [0.25, 0.3) is 5.91 Å². The molecule has 2 aliphatic rings. The van der Waals surface area contributed by atoms with Crippen LogP contribution in [0.25, 0.3) is 11.1 Å². The number of rotatable bonds is 5. The highest BCUT2D eigenvalue weighted by Crippen LogP contribution is 2.29. The van der Waals surface area contributed by atoms with Crippen molar-refractivity contribution in [2.75, 3.05) is 0 Å². The first-order valence-corrected chi connectivity index (χ1v) is 7.27. The van der Waals surface area contributed by atoms with Gasteiger partial charge in [-0.25, -0.2) is 0 Å². The molecule has 19 heavy (non-hydrogen) atoms. The maximum absolute atomic E-state index is 12.2. The van der Waals surface area contributed by atoms with Gasteiger partial charge in [0.2, 0.25) is 0 Å². The fourth-order valence-electron chi connectivity index (χ4n) is 2.11. The average Bonchev–Trinajstić information content (AvgIpc) is 2.81. The summed E-state index contributed by atoms with van der Waals surface area (Å²) in [5.74, 6) is 0.195. The Morgan fingerprint density at radius 1 is 1.37 bits per heavy atom. The van der Waals surface area contributed by atoms with Crippen molar-refractivity contribution in [3.05, 3.63) is 34.5 Å². The Bertz CT molecular complexity index is 547. The molecule has 0 unspecified atom stereocenters. The number of nitrogens with one attached hydrogen (secondary N) is 1. The van der Waals surface area contributed by atoms with Crippen molar-refractivity contribution < 1.29 is 9.59 Å². The van der Waals surface area contributed by atoms with Crippen LogP contribution in [0.2, 0.25) is 0 Å². The lowest BCUT2D eigenvalue weighted by molar-refractivity contribution is -0.109. The van der Waals surface area contributed by atoms with Crippen LogP contribution in [0.15, 0.2) is 29.0 Å². The van der Waals surface area contributed by atoms with Crippen molar-refractivity contribution in [1.29, 1.82) is 0 Å². The van der Waals surface area contributed by atoms with E-state index in [0.717, 1.165) is 17.4 Å². The molecule has 1 atom stereocenters. The maximum atomic E-state index is 12.2. The summed E-state index contributed by atoms with van der Waals surface area (Å²) in [4.78, 5) is 23.2. The van der Waals surface area contributed by atoms with Crippen LogP contribution < -0.4 is 5.32 Å². The van der Waals surface area contributed by atoms with Crippen LogP contribution in [-0.2, 0) is 4.79 Å². The molecule has 0 fully saturated rings. The fraction of sp³-hybridized carbons (Fsp3) is 0.333. The molecule has 0 aromatic carbocycles. The highest BCUT2D eigenvalue weighted by molar-refractivity contribution is 7.08. The van der Waals surface area contributed by atoms with E-state index in [1.807, 2.05) is 42.8 Å². The zero-order valence-corrected chi connectivity index (χ0v) is 11.9. The van der Waals surface area contributed by atoms with Gasteiger partial charge in [0, 0.05) is 11.1 Å². The van der Waals surface area contributed by atoms with Gasteiger partial charge < -0.3 is 10.1 Å². The Hall–Kier alpha value is -1.68. The number of aldehydes is 1.